The number of hydrogen-bond acceptors (Lipinski definition) is 2. The van der Waals surface area contributed by atoms with Gasteiger partial charge in [-0.3, -0.25) is 4.90 Å². The zero-order valence-electron chi connectivity index (χ0n) is 10.8. The van der Waals surface area contributed by atoms with Crippen LogP contribution in [0.3, 0.4) is 0 Å². The van der Waals surface area contributed by atoms with Gasteiger partial charge in [0.25, 0.3) is 0 Å². The minimum Gasteiger partial charge on any atom is -0.314 e. The number of nitrogens with one attached hydrogen (secondary N) is 1. The average molecular weight is 220 g/mol. The fourth-order valence-electron chi connectivity index (χ4n) is 1.90. The van der Waals surface area contributed by atoms with E-state index in [-0.39, 0.29) is 0 Å². The molecule has 0 bridgehead atoms. The molecule has 2 heteroatoms. The first-order valence-corrected chi connectivity index (χ1v) is 6.34. The Morgan fingerprint density at radius 1 is 1.12 bits per heavy atom. The summed E-state index contributed by atoms with van der Waals surface area (Å²) in [7, 11) is 0. The van der Waals surface area contributed by atoms with Crippen LogP contribution in [0.5, 0.6) is 0 Å². The lowest BCUT2D eigenvalue weighted by atomic mass is 10.1. The quantitative estimate of drug-likeness (QED) is 0.823. The second kappa shape index (κ2) is 7.42. The van der Waals surface area contributed by atoms with Crippen molar-refractivity contribution < 1.29 is 0 Å². The Kier molecular flexibility index (Phi) is 6.12. The van der Waals surface area contributed by atoms with Gasteiger partial charge in [0, 0.05) is 32.7 Å². The molecule has 1 N–H and O–H groups in total. The van der Waals surface area contributed by atoms with E-state index in [0.717, 1.165) is 19.6 Å². The van der Waals surface area contributed by atoms with Gasteiger partial charge in [0.2, 0.25) is 0 Å². The fourth-order valence-corrected chi connectivity index (χ4v) is 1.90. The van der Waals surface area contributed by atoms with Gasteiger partial charge in [0.1, 0.15) is 0 Å². The molecule has 0 unspecified atom stereocenters. The third-order valence-electron chi connectivity index (χ3n) is 2.86. The first-order chi connectivity index (χ1) is 7.86. The monoisotopic (exact) mass is 220 g/mol. The van der Waals surface area contributed by atoms with E-state index in [4.69, 9.17) is 0 Å². The Morgan fingerprint density at radius 2 is 1.75 bits per heavy atom. The molecule has 0 aromatic heterocycles. The van der Waals surface area contributed by atoms with Crippen LogP contribution in [0.1, 0.15) is 25.0 Å². The zero-order valence-corrected chi connectivity index (χ0v) is 10.8. The Hall–Kier alpha value is -0.860. The summed E-state index contributed by atoms with van der Waals surface area (Å²) in [6.07, 6.45) is 0. The largest absolute Gasteiger partial charge is 0.314 e. The molecular formula is C14H24N2. The van der Waals surface area contributed by atoms with Crippen molar-refractivity contribution in [1.29, 1.82) is 0 Å². The van der Waals surface area contributed by atoms with Crippen LogP contribution in [-0.4, -0.2) is 31.1 Å². The Labute approximate surface area is 99.7 Å². The van der Waals surface area contributed by atoms with Crippen molar-refractivity contribution >= 4 is 0 Å². The SMILES string of the molecule is CC.Cc1ccccc1CN1CCNCC1. The smallest absolute Gasteiger partial charge is 0.0237 e. The Bertz CT molecular complexity index is 291. The molecule has 1 saturated heterocycles. The van der Waals surface area contributed by atoms with Crippen LogP contribution in [0.4, 0.5) is 0 Å². The highest BCUT2D eigenvalue weighted by molar-refractivity contribution is 5.25. The van der Waals surface area contributed by atoms with Gasteiger partial charge in [-0.1, -0.05) is 38.1 Å². The van der Waals surface area contributed by atoms with Crippen LogP contribution in [0.15, 0.2) is 24.3 Å². The van der Waals surface area contributed by atoms with E-state index >= 15 is 0 Å². The molecule has 0 spiro atoms. The first-order valence-electron chi connectivity index (χ1n) is 6.34. The average Bonchev–Trinajstić information content (AvgIpc) is 2.36. The molecule has 90 valence electrons. The lowest BCUT2D eigenvalue weighted by Gasteiger charge is -2.27. The summed E-state index contributed by atoms with van der Waals surface area (Å²) in [6, 6.07) is 8.66. The highest BCUT2D eigenvalue weighted by Gasteiger charge is 2.10. The molecule has 0 radical (unpaired) electrons. The van der Waals surface area contributed by atoms with Gasteiger partial charge in [-0.25, -0.2) is 0 Å². The van der Waals surface area contributed by atoms with E-state index in [1.54, 1.807) is 0 Å². The van der Waals surface area contributed by atoms with E-state index in [2.05, 4.69) is 41.4 Å². The molecule has 0 atom stereocenters. The van der Waals surface area contributed by atoms with E-state index in [9.17, 15) is 0 Å². The van der Waals surface area contributed by atoms with Crippen LogP contribution in [0, 0.1) is 6.92 Å². The van der Waals surface area contributed by atoms with Gasteiger partial charge in [-0.2, -0.15) is 0 Å². The van der Waals surface area contributed by atoms with E-state index in [1.807, 2.05) is 13.8 Å². The second-order valence-corrected chi connectivity index (χ2v) is 3.95. The molecule has 1 fully saturated rings. The highest BCUT2D eigenvalue weighted by atomic mass is 15.2. The molecule has 1 heterocycles. The van der Waals surface area contributed by atoms with Crippen LogP contribution in [-0.2, 0) is 6.54 Å². The lowest BCUT2D eigenvalue weighted by molar-refractivity contribution is 0.233. The summed E-state index contributed by atoms with van der Waals surface area (Å²) in [6.45, 7) is 11.9. The second-order valence-electron chi connectivity index (χ2n) is 3.95. The number of piperazine rings is 1. The van der Waals surface area contributed by atoms with E-state index < -0.39 is 0 Å². The fraction of sp³-hybridized carbons (Fsp3) is 0.571. The molecule has 1 aromatic carbocycles. The molecule has 0 amide bonds. The first kappa shape index (κ1) is 13.2. The summed E-state index contributed by atoms with van der Waals surface area (Å²) in [5.74, 6) is 0. The van der Waals surface area contributed by atoms with Crippen LogP contribution in [0.2, 0.25) is 0 Å². The van der Waals surface area contributed by atoms with Gasteiger partial charge in [-0.15, -0.1) is 0 Å². The van der Waals surface area contributed by atoms with Crippen molar-refractivity contribution in [1.82, 2.24) is 10.2 Å². The Balaban J connectivity index is 0.000000606. The van der Waals surface area contributed by atoms with Gasteiger partial charge in [0.05, 0.1) is 0 Å². The van der Waals surface area contributed by atoms with Crippen molar-refractivity contribution in [3.63, 3.8) is 0 Å². The van der Waals surface area contributed by atoms with Crippen molar-refractivity contribution in [3.8, 4) is 0 Å². The topological polar surface area (TPSA) is 15.3 Å². The maximum Gasteiger partial charge on any atom is 0.0237 e. The van der Waals surface area contributed by atoms with Gasteiger partial charge >= 0.3 is 0 Å². The predicted molar refractivity (Wildman–Crippen MR) is 70.7 cm³/mol. The maximum atomic E-state index is 3.37. The van der Waals surface area contributed by atoms with E-state index in [1.165, 1.54) is 24.2 Å². The molecule has 1 aliphatic heterocycles. The predicted octanol–water partition coefficient (Wildman–Crippen LogP) is 2.43. The van der Waals surface area contributed by atoms with Crippen molar-refractivity contribution in [2.45, 2.75) is 27.3 Å². The number of nitrogens with zero attached hydrogens (tertiary/aromatic N) is 1. The summed E-state index contributed by atoms with van der Waals surface area (Å²) in [5, 5.41) is 3.37. The van der Waals surface area contributed by atoms with Crippen molar-refractivity contribution in [3.05, 3.63) is 35.4 Å². The minimum atomic E-state index is 1.11. The normalized spacial score (nSPS) is 16.4. The molecule has 0 aliphatic carbocycles. The van der Waals surface area contributed by atoms with Gasteiger partial charge < -0.3 is 5.32 Å². The molecule has 1 aromatic rings. The number of benzene rings is 1. The third-order valence-corrected chi connectivity index (χ3v) is 2.86. The highest BCUT2D eigenvalue weighted by Crippen LogP contribution is 2.10. The molecule has 1 aliphatic rings. The molecule has 16 heavy (non-hydrogen) atoms. The minimum absolute atomic E-state index is 1.11. The van der Waals surface area contributed by atoms with Crippen LogP contribution < -0.4 is 5.32 Å². The third kappa shape index (κ3) is 3.95. The maximum absolute atomic E-state index is 3.37. The van der Waals surface area contributed by atoms with Gasteiger partial charge in [0.15, 0.2) is 0 Å². The molecule has 2 rings (SSSR count). The Morgan fingerprint density at radius 3 is 2.38 bits per heavy atom. The molecule has 0 saturated carbocycles. The van der Waals surface area contributed by atoms with Crippen molar-refractivity contribution in [2.75, 3.05) is 26.2 Å². The number of aryl methyl sites for hydroxylation is 1. The molecule has 2 nitrogen and oxygen atoms in total. The summed E-state index contributed by atoms with van der Waals surface area (Å²) in [5.41, 5.74) is 2.88. The summed E-state index contributed by atoms with van der Waals surface area (Å²) < 4.78 is 0. The summed E-state index contributed by atoms with van der Waals surface area (Å²) >= 11 is 0. The molecular weight excluding hydrogens is 196 g/mol. The summed E-state index contributed by atoms with van der Waals surface area (Å²) in [4.78, 5) is 2.51. The lowest BCUT2D eigenvalue weighted by Crippen LogP contribution is -2.42. The van der Waals surface area contributed by atoms with Crippen LogP contribution in [0.25, 0.3) is 0 Å². The van der Waals surface area contributed by atoms with Gasteiger partial charge in [-0.05, 0) is 18.1 Å². The standard InChI is InChI=1S/C12H18N2.C2H6/c1-11-4-2-3-5-12(11)10-14-8-6-13-7-9-14;1-2/h2-5,13H,6-10H2,1H3;1-2H3. The number of rotatable bonds is 2. The van der Waals surface area contributed by atoms with E-state index in [0.29, 0.717) is 0 Å². The van der Waals surface area contributed by atoms with Crippen LogP contribution >= 0.6 is 0 Å². The zero-order chi connectivity index (χ0) is 11.8. The number of hydrogen-bond donors (Lipinski definition) is 1. The van der Waals surface area contributed by atoms with Crippen molar-refractivity contribution in [2.24, 2.45) is 0 Å².